The second kappa shape index (κ2) is 6.05. The van der Waals surface area contributed by atoms with Gasteiger partial charge in [-0.15, -0.1) is 0 Å². The topological polar surface area (TPSA) is 67.6 Å². The van der Waals surface area contributed by atoms with Gasteiger partial charge in [-0.2, -0.15) is 0 Å². The first-order valence-electron chi connectivity index (χ1n) is 6.41. The van der Waals surface area contributed by atoms with Gasteiger partial charge in [-0.05, 0) is 19.1 Å². The average molecular weight is 296 g/mol. The first kappa shape index (κ1) is 14.5. The summed E-state index contributed by atoms with van der Waals surface area (Å²) in [6.07, 6.45) is 1.72. The lowest BCUT2D eigenvalue weighted by atomic mass is 10.1. The zero-order chi connectivity index (χ0) is 14.7. The molecule has 1 aromatic rings. The maximum absolute atomic E-state index is 12.1. The molecule has 0 amide bonds. The highest BCUT2D eigenvalue weighted by Crippen LogP contribution is 2.29. The molecular weight excluding hydrogens is 278 g/mol. The van der Waals surface area contributed by atoms with Gasteiger partial charge in [-0.25, -0.2) is 4.79 Å². The normalized spacial score (nSPS) is 21.6. The molecule has 2 atom stereocenters. The summed E-state index contributed by atoms with van der Waals surface area (Å²) in [5.74, 6) is -0.311. The molecule has 1 aliphatic heterocycles. The van der Waals surface area contributed by atoms with Crippen molar-refractivity contribution in [3.05, 3.63) is 35.5 Å². The number of carbonyl (C=O) groups is 1. The smallest absolute Gasteiger partial charge is 0.331 e. The summed E-state index contributed by atoms with van der Waals surface area (Å²) >= 11 is 6.22. The van der Waals surface area contributed by atoms with Gasteiger partial charge in [-0.3, -0.25) is 0 Å². The zero-order valence-corrected chi connectivity index (χ0v) is 12.2. The number of rotatable bonds is 4. The number of anilines is 2. The Kier molecular flexibility index (Phi) is 4.39. The third-order valence-electron chi connectivity index (χ3n) is 3.18. The van der Waals surface area contributed by atoms with Crippen molar-refractivity contribution >= 4 is 28.9 Å². The molecule has 0 saturated carbocycles. The summed E-state index contributed by atoms with van der Waals surface area (Å²) in [5.41, 5.74) is 7.25. The molecule has 0 spiro atoms. The van der Waals surface area contributed by atoms with Crippen LogP contribution in [0.25, 0.3) is 0 Å². The van der Waals surface area contributed by atoms with Gasteiger partial charge in [0.1, 0.15) is 0 Å². The van der Waals surface area contributed by atoms with Crippen LogP contribution in [0.3, 0.4) is 0 Å². The van der Waals surface area contributed by atoms with Crippen LogP contribution < -0.4 is 11.1 Å². The Morgan fingerprint density at radius 1 is 1.50 bits per heavy atom. The van der Waals surface area contributed by atoms with Gasteiger partial charge < -0.3 is 20.7 Å². The molecule has 0 aliphatic carbocycles. The molecule has 0 fully saturated rings. The van der Waals surface area contributed by atoms with E-state index in [4.69, 9.17) is 22.1 Å². The highest BCUT2D eigenvalue weighted by Gasteiger charge is 2.39. The summed E-state index contributed by atoms with van der Waals surface area (Å²) in [6.45, 7) is 2.11. The van der Waals surface area contributed by atoms with Gasteiger partial charge in [0.05, 0.1) is 29.1 Å². The Balaban J connectivity index is 2.21. The number of nitrogen functional groups attached to an aromatic ring is 1. The molecule has 0 aromatic heterocycles. The van der Waals surface area contributed by atoms with E-state index in [1.54, 1.807) is 31.1 Å². The molecule has 6 heteroatoms. The van der Waals surface area contributed by atoms with E-state index in [-0.39, 0.29) is 12.0 Å². The van der Waals surface area contributed by atoms with Crippen molar-refractivity contribution in [2.75, 3.05) is 24.7 Å². The molecule has 108 valence electrons. The van der Waals surface area contributed by atoms with Crippen molar-refractivity contribution in [2.24, 2.45) is 0 Å². The number of para-hydroxylation sites is 2. The lowest BCUT2D eigenvalue weighted by Crippen LogP contribution is -2.45. The van der Waals surface area contributed by atoms with Crippen LogP contribution in [0.15, 0.2) is 35.5 Å². The zero-order valence-electron chi connectivity index (χ0n) is 11.5. The molecule has 0 saturated heterocycles. The molecule has 20 heavy (non-hydrogen) atoms. The summed E-state index contributed by atoms with van der Waals surface area (Å²) in [5, 5.41) is 3.76. The molecule has 1 heterocycles. The summed E-state index contributed by atoms with van der Waals surface area (Å²) < 4.78 is 5.10. The first-order valence-corrected chi connectivity index (χ1v) is 6.79. The number of esters is 1. The number of hydrogen-bond acceptors (Lipinski definition) is 5. The highest BCUT2D eigenvalue weighted by atomic mass is 35.5. The van der Waals surface area contributed by atoms with Crippen LogP contribution in [-0.2, 0) is 9.53 Å². The number of hydrogen-bond donors (Lipinski definition) is 2. The third kappa shape index (κ3) is 2.82. The van der Waals surface area contributed by atoms with Crippen molar-refractivity contribution in [1.29, 1.82) is 0 Å². The van der Waals surface area contributed by atoms with E-state index in [0.717, 1.165) is 5.69 Å². The summed E-state index contributed by atoms with van der Waals surface area (Å²) in [6, 6.07) is 6.49. The predicted octanol–water partition coefficient (Wildman–Crippen LogP) is 2.01. The van der Waals surface area contributed by atoms with E-state index < -0.39 is 6.04 Å². The minimum atomic E-state index is -0.498. The molecular formula is C14H18ClN3O2. The van der Waals surface area contributed by atoms with Crippen LogP contribution in [0, 0.1) is 0 Å². The van der Waals surface area contributed by atoms with Crippen molar-refractivity contribution in [2.45, 2.75) is 19.0 Å². The van der Waals surface area contributed by atoms with Crippen molar-refractivity contribution in [3.8, 4) is 0 Å². The van der Waals surface area contributed by atoms with E-state index in [0.29, 0.717) is 17.3 Å². The molecule has 5 nitrogen and oxygen atoms in total. The fourth-order valence-corrected chi connectivity index (χ4v) is 2.54. The Bertz CT molecular complexity index is 533. The minimum absolute atomic E-state index is 0.311. The number of nitrogens with one attached hydrogen (secondary N) is 1. The number of nitrogens with zero attached hydrogens (tertiary/aromatic N) is 1. The highest BCUT2D eigenvalue weighted by molar-refractivity contribution is 6.31. The lowest BCUT2D eigenvalue weighted by molar-refractivity contribution is -0.147. The van der Waals surface area contributed by atoms with E-state index in [2.05, 4.69) is 5.32 Å². The minimum Gasteiger partial charge on any atom is -0.464 e. The van der Waals surface area contributed by atoms with Gasteiger partial charge in [0, 0.05) is 13.2 Å². The largest absolute Gasteiger partial charge is 0.464 e. The molecule has 3 N–H and O–H groups in total. The second-order valence-electron chi connectivity index (χ2n) is 4.59. The quantitative estimate of drug-likeness (QED) is 0.657. The SMILES string of the molecule is CCOC(=O)C1C(Nc2ccccc2N)C(Cl)=CN1C. The Labute approximate surface area is 123 Å². The van der Waals surface area contributed by atoms with Crippen LogP contribution in [0.1, 0.15) is 6.92 Å². The monoisotopic (exact) mass is 295 g/mol. The van der Waals surface area contributed by atoms with Crippen molar-refractivity contribution < 1.29 is 9.53 Å². The van der Waals surface area contributed by atoms with E-state index in [9.17, 15) is 4.79 Å². The predicted molar refractivity (Wildman–Crippen MR) is 80.4 cm³/mol. The van der Waals surface area contributed by atoms with Crippen molar-refractivity contribution in [1.82, 2.24) is 4.90 Å². The van der Waals surface area contributed by atoms with Crippen molar-refractivity contribution in [3.63, 3.8) is 0 Å². The van der Waals surface area contributed by atoms with Crippen LogP contribution >= 0.6 is 11.6 Å². The van der Waals surface area contributed by atoms with Gasteiger partial charge in [0.2, 0.25) is 0 Å². The molecule has 1 aromatic carbocycles. The Morgan fingerprint density at radius 3 is 2.85 bits per heavy atom. The molecule has 2 rings (SSSR count). The van der Waals surface area contributed by atoms with E-state index >= 15 is 0 Å². The molecule has 0 bridgehead atoms. The average Bonchev–Trinajstić information content (AvgIpc) is 2.67. The summed E-state index contributed by atoms with van der Waals surface area (Å²) in [4.78, 5) is 13.8. The number of ether oxygens (including phenoxy) is 1. The van der Waals surface area contributed by atoms with Crippen LogP contribution in [0.5, 0.6) is 0 Å². The van der Waals surface area contributed by atoms with E-state index in [1.807, 2.05) is 18.2 Å². The van der Waals surface area contributed by atoms with E-state index in [1.165, 1.54) is 0 Å². The number of benzene rings is 1. The second-order valence-corrected chi connectivity index (χ2v) is 5.02. The first-order chi connectivity index (χ1) is 9.54. The molecule has 0 radical (unpaired) electrons. The van der Waals surface area contributed by atoms with Gasteiger partial charge in [-0.1, -0.05) is 23.7 Å². The Hall–Kier alpha value is -1.88. The molecule has 1 aliphatic rings. The number of carbonyl (C=O) groups excluding carboxylic acids is 1. The lowest BCUT2D eigenvalue weighted by Gasteiger charge is -2.26. The molecule has 2 unspecified atom stereocenters. The van der Waals surface area contributed by atoms with Gasteiger partial charge in [0.25, 0.3) is 0 Å². The van der Waals surface area contributed by atoms with Crippen LogP contribution in [-0.4, -0.2) is 36.6 Å². The Morgan fingerprint density at radius 2 is 2.20 bits per heavy atom. The summed E-state index contributed by atoms with van der Waals surface area (Å²) in [7, 11) is 1.79. The number of halogens is 1. The number of nitrogens with two attached hydrogens (primary N) is 1. The fraction of sp³-hybridized carbons (Fsp3) is 0.357. The standard InChI is InChI=1S/C14H18ClN3O2/c1-3-20-14(19)13-12(9(15)8-18(13)2)17-11-7-5-4-6-10(11)16/h4-8,12-13,17H,3,16H2,1-2H3. The van der Waals surface area contributed by atoms with Gasteiger partial charge >= 0.3 is 5.97 Å². The number of likely N-dealkylation sites (N-methyl/N-ethyl adjacent to an activating group) is 1. The van der Waals surface area contributed by atoms with Gasteiger partial charge in [0.15, 0.2) is 6.04 Å². The maximum atomic E-state index is 12.1. The van der Waals surface area contributed by atoms with Crippen LogP contribution in [0.4, 0.5) is 11.4 Å². The van der Waals surface area contributed by atoms with Crippen LogP contribution in [0.2, 0.25) is 0 Å². The maximum Gasteiger partial charge on any atom is 0.331 e. The third-order valence-corrected chi connectivity index (χ3v) is 3.51. The fourth-order valence-electron chi connectivity index (χ4n) is 2.21.